The molecule has 2 heterocycles. The van der Waals surface area contributed by atoms with Gasteiger partial charge in [-0.1, -0.05) is 6.07 Å². The Morgan fingerprint density at radius 2 is 1.93 bits per heavy atom. The first-order chi connectivity index (χ1) is 13.4. The average Bonchev–Trinajstić information content (AvgIpc) is 3.08. The zero-order valence-corrected chi connectivity index (χ0v) is 15.9. The molecule has 150 valence electrons. The summed E-state index contributed by atoms with van der Waals surface area (Å²) in [6, 6.07) is 6.37. The third-order valence-corrected chi connectivity index (χ3v) is 5.29. The van der Waals surface area contributed by atoms with Crippen LogP contribution in [-0.4, -0.2) is 35.4 Å². The fourth-order valence-electron chi connectivity index (χ4n) is 4.02. The second kappa shape index (κ2) is 7.66. The summed E-state index contributed by atoms with van der Waals surface area (Å²) in [7, 11) is 0. The van der Waals surface area contributed by atoms with Crippen molar-refractivity contribution in [2.45, 2.75) is 44.4 Å². The van der Waals surface area contributed by atoms with E-state index >= 15 is 0 Å². The van der Waals surface area contributed by atoms with E-state index in [1.165, 1.54) is 17.7 Å². The number of hydrogen-bond acceptors (Lipinski definition) is 5. The Hall–Kier alpha value is -2.22. The molecule has 4 rings (SSSR count). The number of aromatic nitrogens is 2. The summed E-state index contributed by atoms with van der Waals surface area (Å²) in [4.78, 5) is 11.0. The third-order valence-electron chi connectivity index (χ3n) is 5.12. The van der Waals surface area contributed by atoms with Gasteiger partial charge in [-0.25, -0.2) is 9.97 Å². The molecule has 1 aliphatic carbocycles. The van der Waals surface area contributed by atoms with Gasteiger partial charge in [0.2, 0.25) is 5.28 Å². The summed E-state index contributed by atoms with van der Waals surface area (Å²) in [6.07, 6.45) is 0.405. The lowest BCUT2D eigenvalue weighted by atomic mass is 10.0. The highest BCUT2D eigenvalue weighted by molar-refractivity contribution is 6.28. The Kier molecular flexibility index (Phi) is 5.23. The second-order valence-electron chi connectivity index (χ2n) is 7.23. The van der Waals surface area contributed by atoms with Crippen LogP contribution in [0.2, 0.25) is 5.28 Å². The van der Waals surface area contributed by atoms with E-state index in [1.807, 2.05) is 0 Å². The maximum Gasteiger partial charge on any atom is 0.482 e. The highest BCUT2D eigenvalue weighted by Crippen LogP contribution is 2.32. The Balaban J connectivity index is 1.48. The van der Waals surface area contributed by atoms with Crippen molar-refractivity contribution in [3.8, 4) is 0 Å². The van der Waals surface area contributed by atoms with E-state index in [0.29, 0.717) is 5.69 Å². The SMILES string of the molecule is FC(F)(F)Nc1cccc(N[C@@H]2CCCN(c3nc(Cl)nc4c3CCC4)C2)c1. The predicted octanol–water partition coefficient (Wildman–Crippen LogP) is 4.63. The molecule has 1 saturated heterocycles. The minimum Gasteiger partial charge on any atom is -0.380 e. The first-order valence-electron chi connectivity index (χ1n) is 9.39. The summed E-state index contributed by atoms with van der Waals surface area (Å²) >= 11 is 6.12. The Morgan fingerprint density at radius 3 is 2.75 bits per heavy atom. The summed E-state index contributed by atoms with van der Waals surface area (Å²) in [5.41, 5.74) is 2.90. The summed E-state index contributed by atoms with van der Waals surface area (Å²) in [5, 5.41) is 5.18. The van der Waals surface area contributed by atoms with Gasteiger partial charge < -0.3 is 10.2 Å². The standard InChI is InChI=1S/C19H21ClF3N5/c20-18-25-16-8-2-7-15(16)17(26-18)28-9-3-6-14(11-28)24-12-4-1-5-13(10-12)27-19(21,22)23/h1,4-5,10,14,24,27H,2-3,6-9,11H2/t14-/m1/s1. The smallest absolute Gasteiger partial charge is 0.380 e. The topological polar surface area (TPSA) is 53.1 Å². The van der Waals surface area contributed by atoms with Crippen LogP contribution in [-0.2, 0) is 12.8 Å². The van der Waals surface area contributed by atoms with Crippen LogP contribution < -0.4 is 15.5 Å². The van der Waals surface area contributed by atoms with E-state index in [2.05, 4.69) is 20.2 Å². The quantitative estimate of drug-likeness (QED) is 0.567. The molecular formula is C19H21ClF3N5. The molecular weight excluding hydrogens is 391 g/mol. The van der Waals surface area contributed by atoms with E-state index in [4.69, 9.17) is 11.6 Å². The number of nitrogens with zero attached hydrogens (tertiary/aromatic N) is 3. The van der Waals surface area contributed by atoms with Crippen LogP contribution in [0.3, 0.4) is 0 Å². The monoisotopic (exact) mass is 411 g/mol. The van der Waals surface area contributed by atoms with Gasteiger partial charge in [-0.3, -0.25) is 5.32 Å². The van der Waals surface area contributed by atoms with Crippen LogP contribution in [0.1, 0.15) is 30.5 Å². The number of halogens is 4. The fraction of sp³-hybridized carbons (Fsp3) is 0.474. The number of piperidine rings is 1. The number of rotatable bonds is 4. The molecule has 0 amide bonds. The normalized spacial score (nSPS) is 19.4. The van der Waals surface area contributed by atoms with E-state index in [1.54, 1.807) is 17.4 Å². The molecule has 1 aromatic carbocycles. The molecule has 2 N–H and O–H groups in total. The van der Waals surface area contributed by atoms with Crippen LogP contribution in [0.15, 0.2) is 24.3 Å². The zero-order chi connectivity index (χ0) is 19.7. The molecule has 5 nitrogen and oxygen atoms in total. The van der Waals surface area contributed by atoms with Gasteiger partial charge in [-0.2, -0.15) is 13.2 Å². The van der Waals surface area contributed by atoms with Gasteiger partial charge in [0.1, 0.15) is 5.82 Å². The van der Waals surface area contributed by atoms with Crippen molar-refractivity contribution in [3.05, 3.63) is 40.8 Å². The maximum atomic E-state index is 12.6. The molecule has 2 aliphatic rings. The van der Waals surface area contributed by atoms with Gasteiger partial charge in [0.15, 0.2) is 0 Å². The van der Waals surface area contributed by atoms with Gasteiger partial charge in [0.25, 0.3) is 0 Å². The molecule has 0 bridgehead atoms. The van der Waals surface area contributed by atoms with Crippen LogP contribution >= 0.6 is 11.6 Å². The van der Waals surface area contributed by atoms with E-state index in [0.717, 1.165) is 56.7 Å². The lowest BCUT2D eigenvalue weighted by Crippen LogP contribution is -2.43. The number of fused-ring (bicyclic) bond motifs is 1. The van der Waals surface area contributed by atoms with Crippen LogP contribution in [0.5, 0.6) is 0 Å². The molecule has 1 atom stereocenters. The van der Waals surface area contributed by atoms with E-state index < -0.39 is 6.30 Å². The summed E-state index contributed by atoms with van der Waals surface area (Å²) in [5.74, 6) is 0.909. The minimum absolute atomic E-state index is 0.0190. The van der Waals surface area contributed by atoms with Crippen molar-refractivity contribution in [2.75, 3.05) is 28.6 Å². The molecule has 0 radical (unpaired) electrons. The van der Waals surface area contributed by atoms with E-state index in [-0.39, 0.29) is 17.0 Å². The zero-order valence-electron chi connectivity index (χ0n) is 15.2. The second-order valence-corrected chi connectivity index (χ2v) is 7.57. The van der Waals surface area contributed by atoms with Crippen molar-refractivity contribution in [1.82, 2.24) is 9.97 Å². The van der Waals surface area contributed by atoms with Crippen molar-refractivity contribution in [3.63, 3.8) is 0 Å². The lowest BCUT2D eigenvalue weighted by Gasteiger charge is -2.35. The summed E-state index contributed by atoms with van der Waals surface area (Å²) < 4.78 is 37.7. The van der Waals surface area contributed by atoms with Gasteiger partial charge in [0.05, 0.1) is 5.69 Å². The Bertz CT molecular complexity index is 858. The first-order valence-corrected chi connectivity index (χ1v) is 9.77. The number of nitrogens with one attached hydrogen (secondary N) is 2. The number of hydrogen-bond donors (Lipinski definition) is 2. The number of alkyl halides is 3. The largest absolute Gasteiger partial charge is 0.482 e. The number of benzene rings is 1. The molecule has 0 saturated carbocycles. The molecule has 1 aliphatic heterocycles. The van der Waals surface area contributed by atoms with Gasteiger partial charge in [-0.15, -0.1) is 0 Å². The fourth-order valence-corrected chi connectivity index (χ4v) is 4.20. The maximum absolute atomic E-state index is 12.6. The average molecular weight is 412 g/mol. The molecule has 0 unspecified atom stereocenters. The van der Waals surface area contributed by atoms with Crippen molar-refractivity contribution < 1.29 is 13.2 Å². The van der Waals surface area contributed by atoms with Gasteiger partial charge in [-0.05, 0) is 61.9 Å². The highest BCUT2D eigenvalue weighted by Gasteiger charge is 2.28. The summed E-state index contributed by atoms with van der Waals surface area (Å²) in [6.45, 7) is 1.60. The highest BCUT2D eigenvalue weighted by atomic mass is 35.5. The lowest BCUT2D eigenvalue weighted by molar-refractivity contribution is -0.0999. The molecule has 2 aromatic rings. The van der Waals surface area contributed by atoms with Crippen LogP contribution in [0.4, 0.5) is 30.4 Å². The number of anilines is 3. The first kappa shape index (κ1) is 19.1. The molecule has 0 spiro atoms. The molecule has 1 aromatic heterocycles. The van der Waals surface area contributed by atoms with Gasteiger partial charge in [0, 0.05) is 36.1 Å². The van der Waals surface area contributed by atoms with Gasteiger partial charge >= 0.3 is 6.30 Å². The van der Waals surface area contributed by atoms with E-state index in [9.17, 15) is 13.2 Å². The number of aryl methyl sites for hydroxylation is 1. The molecule has 28 heavy (non-hydrogen) atoms. The Morgan fingerprint density at radius 1 is 1.11 bits per heavy atom. The van der Waals surface area contributed by atoms with Crippen molar-refractivity contribution in [2.24, 2.45) is 0 Å². The van der Waals surface area contributed by atoms with Crippen molar-refractivity contribution in [1.29, 1.82) is 0 Å². The minimum atomic E-state index is -4.45. The Labute approximate surface area is 166 Å². The molecule has 9 heteroatoms. The van der Waals surface area contributed by atoms with Crippen LogP contribution in [0, 0.1) is 0 Å². The van der Waals surface area contributed by atoms with Crippen molar-refractivity contribution >= 4 is 28.8 Å². The predicted molar refractivity (Wildman–Crippen MR) is 104 cm³/mol. The molecule has 1 fully saturated rings. The third kappa shape index (κ3) is 4.43. The van der Waals surface area contributed by atoms with Crippen LogP contribution in [0.25, 0.3) is 0 Å².